The summed E-state index contributed by atoms with van der Waals surface area (Å²) in [5, 5.41) is 14.4. The highest BCUT2D eigenvalue weighted by atomic mass is 32.2. The van der Waals surface area contributed by atoms with Gasteiger partial charge in [0.15, 0.2) is 5.69 Å². The van der Waals surface area contributed by atoms with Gasteiger partial charge in [-0.1, -0.05) is 4.89 Å². The second-order valence-corrected chi connectivity index (χ2v) is 4.43. The average molecular weight is 249 g/mol. The minimum Gasteiger partial charge on any atom is -0.476 e. The third-order valence-electron chi connectivity index (χ3n) is 1.68. The number of sulfonamides is 1. The van der Waals surface area contributed by atoms with Crippen LogP contribution in [0.5, 0.6) is 0 Å². The normalized spacial score (nSPS) is 11.6. The number of nitrogens with one attached hydrogen (secondary N) is 2. The van der Waals surface area contributed by atoms with Crippen LogP contribution >= 0.6 is 0 Å². The van der Waals surface area contributed by atoms with Gasteiger partial charge in [0.1, 0.15) is 4.90 Å². The van der Waals surface area contributed by atoms with E-state index in [0.717, 1.165) is 0 Å². The molecule has 90 valence electrons. The summed E-state index contributed by atoms with van der Waals surface area (Å²) in [6.07, 6.45) is 0. The lowest BCUT2D eigenvalue weighted by Crippen LogP contribution is -2.26. The van der Waals surface area contributed by atoms with Gasteiger partial charge >= 0.3 is 5.97 Å². The average Bonchev–Trinajstić information content (AvgIpc) is 2.58. The maximum absolute atomic E-state index is 11.6. The van der Waals surface area contributed by atoms with Crippen molar-refractivity contribution in [1.29, 1.82) is 0 Å². The van der Waals surface area contributed by atoms with Gasteiger partial charge in [-0.3, -0.25) is 9.94 Å². The largest absolute Gasteiger partial charge is 0.476 e. The van der Waals surface area contributed by atoms with Crippen LogP contribution in [-0.4, -0.2) is 36.3 Å². The molecule has 0 fully saturated rings. The van der Waals surface area contributed by atoms with Crippen LogP contribution in [0.25, 0.3) is 0 Å². The van der Waals surface area contributed by atoms with E-state index in [2.05, 4.69) is 15.0 Å². The number of H-pyrrole nitrogens is 1. The zero-order valence-electron chi connectivity index (χ0n) is 8.64. The molecular weight excluding hydrogens is 238 g/mol. The highest BCUT2D eigenvalue weighted by Crippen LogP contribution is 2.17. The van der Waals surface area contributed by atoms with Crippen molar-refractivity contribution in [3.05, 3.63) is 11.4 Å². The van der Waals surface area contributed by atoms with E-state index in [1.807, 2.05) is 0 Å². The molecule has 0 saturated carbocycles. The molecule has 9 heteroatoms. The van der Waals surface area contributed by atoms with Gasteiger partial charge in [0.05, 0.1) is 12.3 Å². The number of carboxylic acids is 1. The third kappa shape index (κ3) is 2.38. The number of carboxylic acid groups (broad SMARTS) is 1. The molecule has 0 atom stereocenters. The Bertz CT molecular complexity index is 492. The highest BCUT2D eigenvalue weighted by molar-refractivity contribution is 7.89. The molecule has 8 nitrogen and oxygen atoms in total. The molecule has 0 aliphatic rings. The van der Waals surface area contributed by atoms with Crippen LogP contribution in [-0.2, 0) is 14.9 Å². The first-order valence-electron chi connectivity index (χ1n) is 4.32. The van der Waals surface area contributed by atoms with Crippen molar-refractivity contribution in [2.45, 2.75) is 18.7 Å². The molecule has 0 unspecified atom stereocenters. The predicted molar refractivity (Wildman–Crippen MR) is 52.2 cm³/mol. The monoisotopic (exact) mass is 249 g/mol. The lowest BCUT2D eigenvalue weighted by atomic mass is 10.4. The van der Waals surface area contributed by atoms with Crippen molar-refractivity contribution in [2.24, 2.45) is 0 Å². The molecule has 0 spiro atoms. The smallest absolute Gasteiger partial charge is 0.357 e. The number of nitrogens with zero attached hydrogens (tertiary/aromatic N) is 1. The Labute approximate surface area is 91.6 Å². The van der Waals surface area contributed by atoms with Crippen LogP contribution < -0.4 is 4.89 Å². The van der Waals surface area contributed by atoms with Crippen LogP contribution in [0, 0.1) is 6.92 Å². The first-order valence-corrected chi connectivity index (χ1v) is 5.80. The van der Waals surface area contributed by atoms with Crippen molar-refractivity contribution in [2.75, 3.05) is 6.61 Å². The summed E-state index contributed by atoms with van der Waals surface area (Å²) in [7, 11) is -4.03. The zero-order chi connectivity index (χ0) is 12.3. The lowest BCUT2D eigenvalue weighted by Gasteiger charge is -2.05. The van der Waals surface area contributed by atoms with E-state index in [1.165, 1.54) is 6.92 Å². The van der Waals surface area contributed by atoms with Gasteiger partial charge in [0.25, 0.3) is 10.0 Å². The van der Waals surface area contributed by atoms with Crippen molar-refractivity contribution in [3.63, 3.8) is 0 Å². The molecule has 1 rings (SSSR count). The van der Waals surface area contributed by atoms with Gasteiger partial charge in [-0.15, -0.1) is 0 Å². The first kappa shape index (κ1) is 12.6. The molecule has 0 radical (unpaired) electrons. The number of carbonyl (C=O) groups is 1. The van der Waals surface area contributed by atoms with Gasteiger partial charge in [-0.2, -0.15) is 5.10 Å². The standard InChI is InChI=1S/C7H11N3O5S/c1-3-15-10-16(13,14)6-4(2)8-9-5(6)7(11)12/h10H,3H2,1-2H3,(H,8,9)(H,11,12). The van der Waals surface area contributed by atoms with Crippen molar-refractivity contribution in [3.8, 4) is 0 Å². The number of aryl methyl sites for hydroxylation is 1. The van der Waals surface area contributed by atoms with Crippen molar-refractivity contribution in [1.82, 2.24) is 15.1 Å². The van der Waals surface area contributed by atoms with E-state index in [4.69, 9.17) is 5.11 Å². The summed E-state index contributed by atoms with van der Waals surface area (Å²) in [5.41, 5.74) is -0.436. The molecular formula is C7H11N3O5S. The fourth-order valence-electron chi connectivity index (χ4n) is 1.07. The van der Waals surface area contributed by atoms with Crippen LogP contribution in [0.15, 0.2) is 4.90 Å². The summed E-state index contributed by atoms with van der Waals surface area (Å²) in [6, 6.07) is 0. The maximum Gasteiger partial charge on any atom is 0.357 e. The third-order valence-corrected chi connectivity index (χ3v) is 3.05. The van der Waals surface area contributed by atoms with Crippen molar-refractivity contribution >= 4 is 16.0 Å². The SMILES string of the molecule is CCONS(=O)(=O)c1c(C(=O)O)n[nH]c1C. The van der Waals surface area contributed by atoms with Crippen LogP contribution in [0.3, 0.4) is 0 Å². The number of aromatic carboxylic acids is 1. The zero-order valence-corrected chi connectivity index (χ0v) is 9.46. The summed E-state index contributed by atoms with van der Waals surface area (Å²) in [5.74, 6) is -1.43. The summed E-state index contributed by atoms with van der Waals surface area (Å²) in [4.78, 5) is 16.7. The molecule has 1 heterocycles. The van der Waals surface area contributed by atoms with Gasteiger partial charge in [0.2, 0.25) is 0 Å². The van der Waals surface area contributed by atoms with Crippen LogP contribution in [0.4, 0.5) is 0 Å². The lowest BCUT2D eigenvalue weighted by molar-refractivity contribution is 0.0685. The fraction of sp³-hybridized carbons (Fsp3) is 0.429. The Kier molecular flexibility index (Phi) is 3.62. The van der Waals surface area contributed by atoms with E-state index >= 15 is 0 Å². The Morgan fingerprint density at radius 3 is 2.75 bits per heavy atom. The second kappa shape index (κ2) is 4.60. The van der Waals surface area contributed by atoms with E-state index in [1.54, 1.807) is 11.8 Å². The summed E-state index contributed by atoms with van der Waals surface area (Å²) in [6.45, 7) is 3.11. The Morgan fingerprint density at radius 1 is 1.62 bits per heavy atom. The van der Waals surface area contributed by atoms with Crippen LogP contribution in [0.2, 0.25) is 0 Å². The highest BCUT2D eigenvalue weighted by Gasteiger charge is 2.28. The number of hydrogen-bond donors (Lipinski definition) is 3. The number of hydrogen-bond acceptors (Lipinski definition) is 5. The number of aromatic amines is 1. The second-order valence-electron chi connectivity index (χ2n) is 2.85. The van der Waals surface area contributed by atoms with Gasteiger partial charge < -0.3 is 5.11 Å². The molecule has 0 saturated heterocycles. The van der Waals surface area contributed by atoms with E-state index in [9.17, 15) is 13.2 Å². The van der Waals surface area contributed by atoms with E-state index in [-0.39, 0.29) is 12.3 Å². The predicted octanol–water partition coefficient (Wildman–Crippen LogP) is -0.354. The minimum atomic E-state index is -4.03. The minimum absolute atomic E-state index is 0.124. The molecule has 0 aliphatic carbocycles. The topological polar surface area (TPSA) is 121 Å². The molecule has 0 aromatic carbocycles. The summed E-state index contributed by atoms with van der Waals surface area (Å²) >= 11 is 0. The Balaban J connectivity index is 3.21. The number of aromatic nitrogens is 2. The molecule has 0 amide bonds. The van der Waals surface area contributed by atoms with Gasteiger partial charge in [-0.05, 0) is 13.8 Å². The molecule has 1 aromatic heterocycles. The summed E-state index contributed by atoms with van der Waals surface area (Å²) < 4.78 is 23.3. The van der Waals surface area contributed by atoms with E-state index in [0.29, 0.717) is 0 Å². The molecule has 0 bridgehead atoms. The molecule has 0 aliphatic heterocycles. The van der Waals surface area contributed by atoms with Gasteiger partial charge in [0, 0.05) is 0 Å². The van der Waals surface area contributed by atoms with Crippen molar-refractivity contribution < 1.29 is 23.2 Å². The Morgan fingerprint density at radius 2 is 2.25 bits per heavy atom. The molecule has 3 N–H and O–H groups in total. The quantitative estimate of drug-likeness (QED) is 0.613. The van der Waals surface area contributed by atoms with Crippen LogP contribution in [0.1, 0.15) is 23.1 Å². The first-order chi connectivity index (χ1) is 7.40. The fourth-order valence-corrected chi connectivity index (χ4v) is 2.26. The molecule has 16 heavy (non-hydrogen) atoms. The maximum atomic E-state index is 11.6. The van der Waals surface area contributed by atoms with E-state index < -0.39 is 26.6 Å². The number of rotatable bonds is 5. The molecule has 1 aromatic rings. The Hall–Kier alpha value is -1.45. The van der Waals surface area contributed by atoms with Gasteiger partial charge in [-0.25, -0.2) is 13.2 Å².